The van der Waals surface area contributed by atoms with Crippen LogP contribution in [0.3, 0.4) is 0 Å². The number of methoxy groups -OCH3 is 1. The van der Waals surface area contributed by atoms with Crippen LogP contribution in [0.25, 0.3) is 11.3 Å². The molecule has 1 saturated carbocycles. The number of sulfonamides is 1. The fraction of sp³-hybridized carbons (Fsp3) is 0.447. The lowest BCUT2D eigenvalue weighted by molar-refractivity contribution is 0.0509. The van der Waals surface area contributed by atoms with E-state index in [2.05, 4.69) is 45.3 Å². The summed E-state index contributed by atoms with van der Waals surface area (Å²) >= 11 is 0. The van der Waals surface area contributed by atoms with Crippen molar-refractivity contribution in [3.8, 4) is 17.1 Å². The second kappa shape index (κ2) is 14.9. The number of hydrogen-bond acceptors (Lipinski definition) is 10. The van der Waals surface area contributed by atoms with Crippen LogP contribution in [-0.2, 0) is 21.3 Å². The Morgan fingerprint density at radius 3 is 2.45 bits per heavy atom. The van der Waals surface area contributed by atoms with Gasteiger partial charge in [-0.3, -0.25) is 9.78 Å². The molecule has 2 aliphatic rings. The third-order valence-electron chi connectivity index (χ3n) is 9.38. The molecular weight excluding hydrogens is 667 g/mol. The summed E-state index contributed by atoms with van der Waals surface area (Å²) in [5.41, 5.74) is 3.96. The van der Waals surface area contributed by atoms with E-state index in [-0.39, 0.29) is 46.8 Å². The van der Waals surface area contributed by atoms with Crippen molar-refractivity contribution < 1.29 is 22.7 Å². The Labute approximate surface area is 300 Å². The quantitative estimate of drug-likeness (QED) is 0.213. The van der Waals surface area contributed by atoms with Gasteiger partial charge in [-0.2, -0.15) is 4.98 Å². The van der Waals surface area contributed by atoms with Crippen LogP contribution in [0.5, 0.6) is 5.88 Å². The van der Waals surface area contributed by atoms with Crippen LogP contribution in [0, 0.1) is 19.3 Å². The molecule has 1 aliphatic carbocycles. The molecule has 3 heterocycles. The molecule has 51 heavy (non-hydrogen) atoms. The van der Waals surface area contributed by atoms with Crippen LogP contribution < -0.4 is 14.4 Å². The molecule has 0 unspecified atom stereocenters. The van der Waals surface area contributed by atoms with Gasteiger partial charge in [0.05, 0.1) is 47.9 Å². The number of hydrogen-bond donors (Lipinski definition) is 1. The number of carbonyl (C=O) groups is 1. The van der Waals surface area contributed by atoms with Gasteiger partial charge in [-0.1, -0.05) is 45.0 Å². The van der Waals surface area contributed by atoms with E-state index < -0.39 is 16.1 Å². The average molecular weight is 714 g/mol. The van der Waals surface area contributed by atoms with E-state index >= 15 is 0 Å². The molecule has 2 aromatic carbocycles. The van der Waals surface area contributed by atoms with E-state index in [9.17, 15) is 13.2 Å². The lowest BCUT2D eigenvalue weighted by Crippen LogP contribution is -2.45. The highest BCUT2D eigenvalue weighted by Crippen LogP contribution is 2.32. The van der Waals surface area contributed by atoms with Gasteiger partial charge in [0.25, 0.3) is 15.9 Å². The normalized spacial score (nSPS) is 17.6. The summed E-state index contributed by atoms with van der Waals surface area (Å²) in [5, 5.41) is 0. The van der Waals surface area contributed by atoms with Crippen molar-refractivity contribution in [2.45, 2.75) is 83.8 Å². The van der Waals surface area contributed by atoms with E-state index in [0.717, 1.165) is 35.3 Å². The summed E-state index contributed by atoms with van der Waals surface area (Å²) < 4.78 is 41.9. The summed E-state index contributed by atoms with van der Waals surface area (Å²) in [6, 6.07) is 13.6. The summed E-state index contributed by atoms with van der Waals surface area (Å²) in [4.78, 5) is 37.2. The summed E-state index contributed by atoms with van der Waals surface area (Å²) in [5.74, 6) is 0.457. The molecule has 0 saturated heterocycles. The number of aromatic nitrogens is 4. The SMILES string of the molecule is COCCN(c1cncc(CN2C(=O)c3cccc(c3)S(=O)(=O)Nc3nc(cc(-c4c(C)cccc4C)n3)OC[C@H]2CC(C)(C)C)n1)C1CCC1. The van der Waals surface area contributed by atoms with Crippen molar-refractivity contribution in [3.05, 3.63) is 83.3 Å². The number of nitrogens with one attached hydrogen (secondary N) is 1. The monoisotopic (exact) mass is 713 g/mol. The Kier molecular flexibility index (Phi) is 10.6. The van der Waals surface area contributed by atoms with E-state index in [0.29, 0.717) is 37.0 Å². The first-order valence-corrected chi connectivity index (χ1v) is 18.9. The van der Waals surface area contributed by atoms with Crippen molar-refractivity contribution in [2.24, 2.45) is 5.41 Å². The predicted octanol–water partition coefficient (Wildman–Crippen LogP) is 6.20. The van der Waals surface area contributed by atoms with Gasteiger partial charge in [-0.15, -0.1) is 0 Å². The number of aryl methyl sites for hydroxylation is 2. The second-order valence-electron chi connectivity index (χ2n) is 14.6. The molecule has 1 amide bonds. The Morgan fingerprint density at radius 2 is 1.76 bits per heavy atom. The van der Waals surface area contributed by atoms with Crippen LogP contribution in [0.4, 0.5) is 11.8 Å². The number of rotatable bonds is 9. The van der Waals surface area contributed by atoms with Crippen molar-refractivity contribution in [1.82, 2.24) is 24.8 Å². The average Bonchev–Trinajstić information content (AvgIpc) is 3.05. The predicted molar refractivity (Wildman–Crippen MR) is 196 cm³/mol. The number of anilines is 2. The smallest absolute Gasteiger partial charge is 0.264 e. The van der Waals surface area contributed by atoms with Gasteiger partial charge in [-0.25, -0.2) is 23.1 Å². The van der Waals surface area contributed by atoms with Gasteiger partial charge in [0, 0.05) is 36.9 Å². The minimum atomic E-state index is -4.19. The molecule has 13 heteroatoms. The summed E-state index contributed by atoms with van der Waals surface area (Å²) in [7, 11) is -2.50. The zero-order chi connectivity index (χ0) is 36.3. The number of nitrogens with zero attached hydrogens (tertiary/aromatic N) is 6. The highest BCUT2D eigenvalue weighted by Gasteiger charge is 2.33. The molecule has 1 atom stereocenters. The number of benzene rings is 2. The third kappa shape index (κ3) is 8.48. The molecule has 6 rings (SSSR count). The summed E-state index contributed by atoms with van der Waals surface area (Å²) in [6.07, 6.45) is 7.34. The Balaban J connectivity index is 1.45. The molecule has 2 aromatic heterocycles. The molecule has 1 fully saturated rings. The third-order valence-corrected chi connectivity index (χ3v) is 10.7. The molecule has 1 N–H and O–H groups in total. The van der Waals surface area contributed by atoms with E-state index in [1.807, 2.05) is 32.0 Å². The number of ether oxygens (including phenoxy) is 2. The molecule has 12 nitrogen and oxygen atoms in total. The topological polar surface area (TPSA) is 140 Å². The second-order valence-corrected chi connectivity index (χ2v) is 16.3. The van der Waals surface area contributed by atoms with Gasteiger partial charge in [0.2, 0.25) is 11.8 Å². The molecular formula is C38H47N7O5S. The first kappa shape index (κ1) is 36.2. The van der Waals surface area contributed by atoms with Gasteiger partial charge in [0.15, 0.2) is 0 Å². The lowest BCUT2D eigenvalue weighted by atomic mass is 9.87. The van der Waals surface area contributed by atoms with Crippen molar-refractivity contribution >= 4 is 27.7 Å². The molecule has 4 aromatic rings. The molecule has 4 bridgehead atoms. The van der Waals surface area contributed by atoms with Crippen LogP contribution in [0.1, 0.15) is 73.6 Å². The van der Waals surface area contributed by atoms with E-state index in [1.165, 1.54) is 18.6 Å². The first-order valence-electron chi connectivity index (χ1n) is 17.4. The van der Waals surface area contributed by atoms with Crippen LogP contribution in [0.15, 0.2) is 65.8 Å². The Morgan fingerprint density at radius 1 is 1.02 bits per heavy atom. The maximum atomic E-state index is 14.6. The zero-order valence-corrected chi connectivity index (χ0v) is 31.0. The Hall–Kier alpha value is -4.62. The minimum Gasteiger partial charge on any atom is -0.475 e. The van der Waals surface area contributed by atoms with Gasteiger partial charge >= 0.3 is 0 Å². The van der Waals surface area contributed by atoms with Gasteiger partial charge in [0.1, 0.15) is 12.4 Å². The van der Waals surface area contributed by atoms with E-state index in [1.54, 1.807) is 42.6 Å². The first-order chi connectivity index (χ1) is 24.3. The number of carbonyl (C=O) groups excluding carboxylic acids is 1. The lowest BCUT2D eigenvalue weighted by Gasteiger charge is -2.38. The van der Waals surface area contributed by atoms with Gasteiger partial charge < -0.3 is 19.3 Å². The Bertz CT molecular complexity index is 1970. The standard InChI is InChI=1S/C38H47N7O5S/c1-25-10-7-11-26(2)35(25)32-19-34-42-37(41-32)43-51(47,48)31-15-8-12-27(18-31)36(46)45(30(24-50-34)20-38(3,4)5)23-28-21-39-22-33(40-28)44(16-17-49-6)29-13-9-14-29/h7-8,10-12,15,18-19,21-22,29-30H,9,13-14,16-17,20,23-24H2,1-6H3,(H,41,42,43)/t30-/m1/s1. The van der Waals surface area contributed by atoms with Crippen molar-refractivity contribution in [2.75, 3.05) is 36.5 Å². The maximum absolute atomic E-state index is 14.6. The van der Waals surface area contributed by atoms with Crippen LogP contribution in [-0.4, -0.2) is 78.1 Å². The fourth-order valence-electron chi connectivity index (χ4n) is 6.70. The maximum Gasteiger partial charge on any atom is 0.264 e. The highest BCUT2D eigenvalue weighted by atomic mass is 32.2. The van der Waals surface area contributed by atoms with Gasteiger partial charge in [-0.05, 0) is 74.3 Å². The molecule has 0 radical (unpaired) electrons. The van der Waals surface area contributed by atoms with Crippen LogP contribution >= 0.6 is 0 Å². The van der Waals surface area contributed by atoms with E-state index in [4.69, 9.17) is 14.5 Å². The number of amides is 1. The molecule has 1 aliphatic heterocycles. The fourth-order valence-corrected chi connectivity index (χ4v) is 7.69. The zero-order valence-electron chi connectivity index (χ0n) is 30.2. The highest BCUT2D eigenvalue weighted by molar-refractivity contribution is 7.92. The summed E-state index contributed by atoms with van der Waals surface area (Å²) in [6.45, 7) is 11.8. The van der Waals surface area contributed by atoms with Crippen LogP contribution in [0.2, 0.25) is 0 Å². The minimum absolute atomic E-state index is 0.0838. The van der Waals surface area contributed by atoms with Crippen molar-refractivity contribution in [3.63, 3.8) is 0 Å². The molecule has 0 spiro atoms. The molecule has 270 valence electrons. The van der Waals surface area contributed by atoms with Crippen molar-refractivity contribution in [1.29, 1.82) is 0 Å². The number of fused-ring (bicyclic) bond motifs is 4. The largest absolute Gasteiger partial charge is 0.475 e.